The number of halogens is 1. The lowest BCUT2D eigenvalue weighted by atomic mass is 10.1. The fourth-order valence-electron chi connectivity index (χ4n) is 2.43. The lowest BCUT2D eigenvalue weighted by molar-refractivity contribution is 0.567. The highest BCUT2D eigenvalue weighted by molar-refractivity contribution is 14.0. The van der Waals surface area contributed by atoms with Crippen LogP contribution in [0.5, 0.6) is 0 Å². The van der Waals surface area contributed by atoms with E-state index in [9.17, 15) is 8.42 Å². The molecular formula is C15H27IN4O2S2. The van der Waals surface area contributed by atoms with E-state index in [0.29, 0.717) is 24.8 Å². The van der Waals surface area contributed by atoms with Gasteiger partial charge in [0.05, 0.1) is 23.7 Å². The highest BCUT2D eigenvalue weighted by Gasteiger charge is 2.27. The first kappa shape index (κ1) is 21.6. The van der Waals surface area contributed by atoms with E-state index >= 15 is 0 Å². The van der Waals surface area contributed by atoms with Crippen LogP contribution in [0, 0.1) is 5.92 Å². The molecule has 138 valence electrons. The number of aromatic nitrogens is 1. The van der Waals surface area contributed by atoms with Gasteiger partial charge in [0.15, 0.2) is 15.8 Å². The average molecular weight is 486 g/mol. The van der Waals surface area contributed by atoms with Crippen LogP contribution in [0.4, 0.5) is 0 Å². The van der Waals surface area contributed by atoms with Crippen LogP contribution >= 0.6 is 35.3 Å². The predicted molar refractivity (Wildman–Crippen MR) is 111 cm³/mol. The van der Waals surface area contributed by atoms with Crippen LogP contribution in [0.3, 0.4) is 0 Å². The first-order chi connectivity index (χ1) is 10.9. The van der Waals surface area contributed by atoms with Gasteiger partial charge in [-0.1, -0.05) is 13.8 Å². The third-order valence-electron chi connectivity index (χ3n) is 3.76. The van der Waals surface area contributed by atoms with Crippen molar-refractivity contribution in [3.63, 3.8) is 0 Å². The minimum atomic E-state index is -2.82. The normalized spacial score (nSPS) is 20.0. The van der Waals surface area contributed by atoms with Crippen molar-refractivity contribution in [2.24, 2.45) is 10.9 Å². The summed E-state index contributed by atoms with van der Waals surface area (Å²) >= 11 is 1.63. The van der Waals surface area contributed by atoms with Crippen molar-refractivity contribution >= 4 is 51.1 Å². The van der Waals surface area contributed by atoms with Gasteiger partial charge in [0.1, 0.15) is 5.01 Å². The second-order valence-corrected chi connectivity index (χ2v) is 9.34. The van der Waals surface area contributed by atoms with E-state index in [1.807, 2.05) is 6.92 Å². The molecule has 1 saturated heterocycles. The largest absolute Gasteiger partial charge is 0.357 e. The number of hydrogen-bond acceptors (Lipinski definition) is 5. The van der Waals surface area contributed by atoms with Gasteiger partial charge in [0.25, 0.3) is 0 Å². The van der Waals surface area contributed by atoms with Crippen molar-refractivity contribution in [1.29, 1.82) is 0 Å². The monoisotopic (exact) mass is 486 g/mol. The maximum atomic E-state index is 11.5. The zero-order chi connectivity index (χ0) is 16.9. The molecule has 2 N–H and O–H groups in total. The maximum absolute atomic E-state index is 11.5. The molecule has 2 rings (SSSR count). The first-order valence-corrected chi connectivity index (χ1v) is 10.8. The van der Waals surface area contributed by atoms with Gasteiger partial charge in [-0.25, -0.2) is 18.4 Å². The van der Waals surface area contributed by atoms with Crippen molar-refractivity contribution < 1.29 is 8.42 Å². The van der Waals surface area contributed by atoms with Crippen molar-refractivity contribution in [2.45, 2.75) is 39.7 Å². The van der Waals surface area contributed by atoms with E-state index in [1.165, 1.54) is 0 Å². The van der Waals surface area contributed by atoms with Crippen molar-refractivity contribution in [1.82, 2.24) is 15.6 Å². The van der Waals surface area contributed by atoms with Crippen LogP contribution in [0.1, 0.15) is 43.8 Å². The Morgan fingerprint density at radius 2 is 2.21 bits per heavy atom. The maximum Gasteiger partial charge on any atom is 0.191 e. The molecule has 0 bridgehead atoms. The fraction of sp³-hybridized carbons (Fsp3) is 0.733. The third kappa shape index (κ3) is 6.83. The molecule has 24 heavy (non-hydrogen) atoms. The molecule has 1 aliphatic rings. The Labute approximate surface area is 165 Å². The Hall–Kier alpha value is -0.420. The Kier molecular flexibility index (Phi) is 8.93. The number of aliphatic imine (C=N–C) groups is 1. The number of guanidine groups is 1. The van der Waals surface area contributed by atoms with Crippen molar-refractivity contribution in [3.05, 3.63) is 16.1 Å². The first-order valence-electron chi connectivity index (χ1n) is 8.06. The summed E-state index contributed by atoms with van der Waals surface area (Å²) < 4.78 is 23.0. The molecule has 1 aromatic heterocycles. The number of nitrogens with one attached hydrogen (secondary N) is 2. The minimum absolute atomic E-state index is 0. The molecule has 9 heteroatoms. The van der Waals surface area contributed by atoms with Crippen LogP contribution in [-0.4, -0.2) is 44.0 Å². The van der Waals surface area contributed by atoms with Crippen LogP contribution in [-0.2, 0) is 16.4 Å². The SMILES string of the molecule is CCNC(=NCc1nc(C(C)C)cs1)NCC1CCS(=O)(=O)C1.I. The average Bonchev–Trinajstić information content (AvgIpc) is 3.08. The van der Waals surface area contributed by atoms with Gasteiger partial charge in [0, 0.05) is 18.5 Å². The van der Waals surface area contributed by atoms with Crippen molar-refractivity contribution in [3.8, 4) is 0 Å². The minimum Gasteiger partial charge on any atom is -0.357 e. The molecule has 1 unspecified atom stereocenters. The topological polar surface area (TPSA) is 83.4 Å². The van der Waals surface area contributed by atoms with E-state index in [0.717, 1.165) is 29.6 Å². The van der Waals surface area contributed by atoms with Gasteiger partial charge in [-0.3, -0.25) is 0 Å². The van der Waals surface area contributed by atoms with E-state index in [-0.39, 0.29) is 35.6 Å². The summed E-state index contributed by atoms with van der Waals surface area (Å²) in [5, 5.41) is 9.52. The highest BCUT2D eigenvalue weighted by atomic mass is 127. The molecule has 6 nitrogen and oxygen atoms in total. The smallest absolute Gasteiger partial charge is 0.191 e. The van der Waals surface area contributed by atoms with Gasteiger partial charge < -0.3 is 10.6 Å². The lowest BCUT2D eigenvalue weighted by Gasteiger charge is -2.13. The molecule has 0 amide bonds. The van der Waals surface area contributed by atoms with Gasteiger partial charge in [0.2, 0.25) is 0 Å². The highest BCUT2D eigenvalue weighted by Crippen LogP contribution is 2.19. The standard InChI is InChI=1S/C15H26N4O2S2.HI/c1-4-16-15(17-7-12-5-6-23(20,21)10-12)18-8-14-19-13(9-22-14)11(2)3;/h9,11-12H,4-8,10H2,1-3H3,(H2,16,17,18);1H. The predicted octanol–water partition coefficient (Wildman–Crippen LogP) is 2.37. The molecule has 1 atom stereocenters. The molecule has 0 radical (unpaired) electrons. The number of rotatable bonds is 6. The number of sulfone groups is 1. The Morgan fingerprint density at radius 1 is 1.46 bits per heavy atom. The molecule has 0 saturated carbocycles. The van der Waals surface area contributed by atoms with Crippen LogP contribution in [0.2, 0.25) is 0 Å². The molecule has 1 fully saturated rings. The number of nitrogens with zero attached hydrogens (tertiary/aromatic N) is 2. The van der Waals surface area contributed by atoms with Gasteiger partial charge in [-0.15, -0.1) is 35.3 Å². The summed E-state index contributed by atoms with van der Waals surface area (Å²) in [4.78, 5) is 9.12. The summed E-state index contributed by atoms with van der Waals surface area (Å²) in [5.41, 5.74) is 1.11. The summed E-state index contributed by atoms with van der Waals surface area (Å²) in [7, 11) is -2.82. The molecular weight excluding hydrogens is 459 g/mol. The third-order valence-corrected chi connectivity index (χ3v) is 6.45. The summed E-state index contributed by atoms with van der Waals surface area (Å²) in [6.07, 6.45) is 0.735. The van der Waals surface area contributed by atoms with E-state index < -0.39 is 9.84 Å². The molecule has 2 heterocycles. The van der Waals surface area contributed by atoms with Crippen LogP contribution in [0.25, 0.3) is 0 Å². The lowest BCUT2D eigenvalue weighted by Crippen LogP contribution is -2.40. The van der Waals surface area contributed by atoms with E-state index in [2.05, 4.69) is 39.8 Å². The van der Waals surface area contributed by atoms with Gasteiger partial charge >= 0.3 is 0 Å². The second-order valence-electron chi connectivity index (χ2n) is 6.17. The molecule has 0 aromatic carbocycles. The van der Waals surface area contributed by atoms with Crippen LogP contribution in [0.15, 0.2) is 10.4 Å². The molecule has 0 aliphatic carbocycles. The van der Waals surface area contributed by atoms with Crippen molar-refractivity contribution in [2.75, 3.05) is 24.6 Å². The molecule has 1 aliphatic heterocycles. The van der Waals surface area contributed by atoms with E-state index in [1.54, 1.807) is 11.3 Å². The summed E-state index contributed by atoms with van der Waals surface area (Å²) in [6.45, 7) is 8.21. The summed E-state index contributed by atoms with van der Waals surface area (Å²) in [6, 6.07) is 0. The summed E-state index contributed by atoms with van der Waals surface area (Å²) in [5.74, 6) is 1.92. The Bertz CT molecular complexity index is 644. The van der Waals surface area contributed by atoms with Crippen LogP contribution < -0.4 is 10.6 Å². The van der Waals surface area contributed by atoms with Gasteiger partial charge in [-0.2, -0.15) is 0 Å². The Balaban J connectivity index is 0.00000288. The quantitative estimate of drug-likeness (QED) is 0.367. The number of thiazole rings is 1. The second kappa shape index (κ2) is 9.91. The molecule has 1 aromatic rings. The zero-order valence-corrected chi connectivity index (χ0v) is 18.4. The van der Waals surface area contributed by atoms with E-state index in [4.69, 9.17) is 0 Å². The van der Waals surface area contributed by atoms with Gasteiger partial charge in [-0.05, 0) is 25.2 Å². The zero-order valence-electron chi connectivity index (χ0n) is 14.4. The number of hydrogen-bond donors (Lipinski definition) is 2. The fourth-order valence-corrected chi connectivity index (χ4v) is 5.17. The molecule has 0 spiro atoms. The Morgan fingerprint density at radius 3 is 2.75 bits per heavy atom.